The maximum Gasteiger partial charge on any atom is 0.160 e. The van der Waals surface area contributed by atoms with Crippen molar-refractivity contribution in [2.75, 3.05) is 24.5 Å². The third kappa shape index (κ3) is 3.17. The molecule has 0 bridgehead atoms. The highest BCUT2D eigenvalue weighted by molar-refractivity contribution is 8.14. The Hall–Kier alpha value is -2.08. The normalized spacial score (nSPS) is 27.1. The lowest BCUT2D eigenvalue weighted by Crippen LogP contribution is -2.31. The summed E-state index contributed by atoms with van der Waals surface area (Å²) in [6.07, 6.45) is 5.35. The van der Waals surface area contributed by atoms with Crippen LogP contribution in [0.4, 0.5) is 10.1 Å². The Morgan fingerprint density at radius 3 is 2.71 bits per heavy atom. The van der Waals surface area contributed by atoms with Gasteiger partial charge in [-0.2, -0.15) is 0 Å². The van der Waals surface area contributed by atoms with Crippen molar-refractivity contribution in [3.8, 4) is 0 Å². The maximum atomic E-state index is 15.1. The highest BCUT2D eigenvalue weighted by Crippen LogP contribution is 2.47. The third-order valence-electron chi connectivity index (χ3n) is 5.89. The summed E-state index contributed by atoms with van der Waals surface area (Å²) in [5.41, 5.74) is 2.67. The number of halogens is 1. The van der Waals surface area contributed by atoms with Gasteiger partial charge in [0.1, 0.15) is 11.9 Å². The first-order chi connectivity index (χ1) is 13.7. The van der Waals surface area contributed by atoms with Crippen LogP contribution in [-0.4, -0.2) is 39.9 Å². The predicted molar refractivity (Wildman–Crippen MR) is 113 cm³/mol. The first-order valence-electron chi connectivity index (χ1n) is 10.2. The number of thioether (sulfide) groups is 1. The lowest BCUT2D eigenvalue weighted by molar-refractivity contribution is 0.320. The van der Waals surface area contributed by atoms with Crippen molar-refractivity contribution in [2.45, 2.75) is 43.5 Å². The molecule has 1 aromatic carbocycles. The molecule has 3 atom stereocenters. The molecule has 0 N–H and O–H groups in total. The van der Waals surface area contributed by atoms with Gasteiger partial charge < -0.3 is 9.80 Å². The Morgan fingerprint density at radius 1 is 1.11 bits per heavy atom. The molecule has 4 nitrogen and oxygen atoms in total. The summed E-state index contributed by atoms with van der Waals surface area (Å²) in [6.45, 7) is 5.05. The predicted octanol–water partition coefficient (Wildman–Crippen LogP) is 4.80. The topological polar surface area (TPSA) is 31.7 Å². The Balaban J connectivity index is 1.50. The number of aromatic nitrogens is 1. The summed E-state index contributed by atoms with van der Waals surface area (Å²) in [5.74, 6) is -0.118. The van der Waals surface area contributed by atoms with Crippen LogP contribution in [0, 0.1) is 5.82 Å². The zero-order valence-electron chi connectivity index (χ0n) is 16.1. The first-order valence-corrected chi connectivity index (χ1v) is 11.0. The van der Waals surface area contributed by atoms with E-state index in [2.05, 4.69) is 27.8 Å². The minimum Gasteiger partial charge on any atom is -0.369 e. The summed E-state index contributed by atoms with van der Waals surface area (Å²) in [6, 6.07) is 11.7. The van der Waals surface area contributed by atoms with Crippen LogP contribution in [0.2, 0.25) is 0 Å². The smallest absolute Gasteiger partial charge is 0.160 e. The molecule has 0 spiro atoms. The molecule has 0 amide bonds. The Bertz CT molecular complexity index is 881. The van der Waals surface area contributed by atoms with Crippen LogP contribution in [0.15, 0.2) is 47.6 Å². The molecule has 2 aromatic rings. The lowest BCUT2D eigenvalue weighted by Gasteiger charge is -2.31. The van der Waals surface area contributed by atoms with E-state index in [4.69, 9.17) is 4.99 Å². The molecular formula is C22H25FN4S. The second kappa shape index (κ2) is 7.39. The SMILES string of the molecule is C[C@@H]1CN2C(=N[C@H](c3ccccn3)[C@@H]2c2ccc(N3CCCCC3)c(F)c2)S1. The molecule has 146 valence electrons. The van der Waals surface area contributed by atoms with Gasteiger partial charge in [0.15, 0.2) is 5.17 Å². The van der Waals surface area contributed by atoms with Crippen molar-refractivity contribution >= 4 is 22.6 Å². The van der Waals surface area contributed by atoms with Crippen LogP contribution >= 0.6 is 11.8 Å². The van der Waals surface area contributed by atoms with Crippen molar-refractivity contribution in [2.24, 2.45) is 4.99 Å². The molecule has 1 aromatic heterocycles. The number of aliphatic imine (C=N–C) groups is 1. The molecule has 0 radical (unpaired) electrons. The molecule has 3 aliphatic heterocycles. The fraction of sp³-hybridized carbons (Fsp3) is 0.455. The standard InChI is InChI=1S/C22H25FN4S/c1-15-14-27-21(20(25-22(27)28-15)18-7-3-4-10-24-18)16-8-9-19(17(23)13-16)26-11-5-2-6-12-26/h3-4,7-10,13,15,20-21H,2,5-6,11-12,14H2,1H3/t15-,20-,21+/m1/s1. The number of hydrogen-bond donors (Lipinski definition) is 0. The van der Waals surface area contributed by atoms with Crippen LogP contribution < -0.4 is 4.90 Å². The van der Waals surface area contributed by atoms with E-state index in [0.717, 1.165) is 54.6 Å². The van der Waals surface area contributed by atoms with E-state index in [9.17, 15) is 0 Å². The Morgan fingerprint density at radius 2 is 1.96 bits per heavy atom. The molecule has 3 aliphatic rings. The van der Waals surface area contributed by atoms with Crippen LogP contribution in [0.3, 0.4) is 0 Å². The van der Waals surface area contributed by atoms with Gasteiger partial charge in [0, 0.05) is 31.1 Å². The number of amidine groups is 1. The zero-order valence-corrected chi connectivity index (χ0v) is 16.9. The van der Waals surface area contributed by atoms with Crippen LogP contribution in [0.1, 0.15) is 49.5 Å². The number of fused-ring (bicyclic) bond motifs is 1. The van der Waals surface area contributed by atoms with E-state index in [1.807, 2.05) is 42.2 Å². The van der Waals surface area contributed by atoms with Gasteiger partial charge in [-0.3, -0.25) is 9.98 Å². The van der Waals surface area contributed by atoms with E-state index >= 15 is 4.39 Å². The molecule has 2 saturated heterocycles. The summed E-state index contributed by atoms with van der Waals surface area (Å²) < 4.78 is 15.1. The second-order valence-corrected chi connectivity index (χ2v) is 9.30. The number of benzene rings is 1. The van der Waals surface area contributed by atoms with Crippen LogP contribution in [0.5, 0.6) is 0 Å². The quantitative estimate of drug-likeness (QED) is 0.746. The van der Waals surface area contributed by atoms with E-state index in [1.54, 1.807) is 6.07 Å². The fourth-order valence-corrected chi connectivity index (χ4v) is 5.67. The molecule has 5 rings (SSSR count). The number of pyridine rings is 1. The summed E-state index contributed by atoms with van der Waals surface area (Å²) >= 11 is 1.81. The average Bonchev–Trinajstić information content (AvgIpc) is 3.25. The molecule has 0 aliphatic carbocycles. The zero-order chi connectivity index (χ0) is 19.1. The highest BCUT2D eigenvalue weighted by atomic mass is 32.2. The minimum absolute atomic E-state index is 0.00672. The van der Waals surface area contributed by atoms with Crippen LogP contribution in [-0.2, 0) is 0 Å². The van der Waals surface area contributed by atoms with E-state index in [1.165, 1.54) is 6.42 Å². The minimum atomic E-state index is -0.118. The molecule has 6 heteroatoms. The molecule has 28 heavy (non-hydrogen) atoms. The van der Waals surface area contributed by atoms with E-state index in [-0.39, 0.29) is 17.9 Å². The molecule has 0 saturated carbocycles. The van der Waals surface area contributed by atoms with Crippen molar-refractivity contribution < 1.29 is 4.39 Å². The van der Waals surface area contributed by atoms with Gasteiger partial charge in [0.2, 0.25) is 0 Å². The van der Waals surface area contributed by atoms with Gasteiger partial charge in [-0.1, -0.05) is 30.8 Å². The fourth-order valence-electron chi connectivity index (χ4n) is 4.58. The van der Waals surface area contributed by atoms with Gasteiger partial charge >= 0.3 is 0 Å². The number of rotatable bonds is 3. The lowest BCUT2D eigenvalue weighted by atomic mass is 9.95. The van der Waals surface area contributed by atoms with Crippen molar-refractivity contribution in [1.82, 2.24) is 9.88 Å². The van der Waals surface area contributed by atoms with E-state index in [0.29, 0.717) is 5.25 Å². The van der Waals surface area contributed by atoms with Crippen molar-refractivity contribution in [3.05, 3.63) is 59.7 Å². The van der Waals surface area contributed by atoms with Gasteiger partial charge in [0.05, 0.1) is 17.4 Å². The molecular weight excluding hydrogens is 371 g/mol. The van der Waals surface area contributed by atoms with Gasteiger partial charge in [-0.05, 0) is 49.1 Å². The van der Waals surface area contributed by atoms with E-state index < -0.39 is 0 Å². The summed E-state index contributed by atoms with van der Waals surface area (Å²) in [7, 11) is 0. The largest absolute Gasteiger partial charge is 0.369 e. The summed E-state index contributed by atoms with van der Waals surface area (Å²) in [5, 5.41) is 1.57. The second-order valence-electron chi connectivity index (χ2n) is 7.90. The third-order valence-corrected chi connectivity index (χ3v) is 6.99. The van der Waals surface area contributed by atoms with Gasteiger partial charge in [-0.25, -0.2) is 4.39 Å². The number of piperidine rings is 1. The Labute approximate surface area is 169 Å². The van der Waals surface area contributed by atoms with Gasteiger partial charge in [-0.15, -0.1) is 0 Å². The average molecular weight is 397 g/mol. The molecule has 0 unspecified atom stereocenters. The number of anilines is 1. The number of hydrogen-bond acceptors (Lipinski definition) is 5. The summed E-state index contributed by atoms with van der Waals surface area (Å²) in [4.78, 5) is 14.1. The highest BCUT2D eigenvalue weighted by Gasteiger charge is 2.43. The first kappa shape index (κ1) is 18.0. The maximum absolute atomic E-state index is 15.1. The van der Waals surface area contributed by atoms with Gasteiger partial charge in [0.25, 0.3) is 0 Å². The monoisotopic (exact) mass is 396 g/mol. The number of nitrogens with zero attached hydrogens (tertiary/aromatic N) is 4. The van der Waals surface area contributed by atoms with Crippen molar-refractivity contribution in [3.63, 3.8) is 0 Å². The Kier molecular flexibility index (Phi) is 4.75. The van der Waals surface area contributed by atoms with Crippen LogP contribution in [0.25, 0.3) is 0 Å². The molecule has 4 heterocycles. The van der Waals surface area contributed by atoms with Crippen molar-refractivity contribution in [1.29, 1.82) is 0 Å². The molecule has 2 fully saturated rings.